The van der Waals surface area contributed by atoms with Gasteiger partial charge in [0.15, 0.2) is 6.10 Å². The summed E-state index contributed by atoms with van der Waals surface area (Å²) in [6, 6.07) is 0. The fourth-order valence-corrected chi connectivity index (χ4v) is 6.23. The topological polar surface area (TPSA) is 78.9 Å². The number of hydrogen-bond donors (Lipinski definition) is 0. The van der Waals surface area contributed by atoms with Crippen molar-refractivity contribution in [3.8, 4) is 0 Å². The third kappa shape index (κ3) is 47.0. The van der Waals surface area contributed by atoms with E-state index >= 15 is 0 Å². The molecule has 0 aromatic heterocycles. The van der Waals surface area contributed by atoms with Gasteiger partial charge in [-0.2, -0.15) is 0 Å². The second-order valence-corrected chi connectivity index (χ2v) is 15.6. The molecule has 6 nitrogen and oxygen atoms in total. The SMILES string of the molecule is CC\C=C/C=C\C=C/CCCCCCCCCC(=O)OC(COC(=O)CCCC/C=C\C/C=C\C/C=C\CC)COC(=O)CCCCCCCC/C=C\C/C=C\C/C=C\CC. The van der Waals surface area contributed by atoms with Gasteiger partial charge >= 0.3 is 17.9 Å². The molecule has 0 radical (unpaired) electrons. The van der Waals surface area contributed by atoms with Crippen molar-refractivity contribution in [1.82, 2.24) is 0 Å². The minimum Gasteiger partial charge on any atom is -0.462 e. The van der Waals surface area contributed by atoms with Gasteiger partial charge in [0.25, 0.3) is 0 Å². The van der Waals surface area contributed by atoms with Crippen molar-refractivity contribution >= 4 is 17.9 Å². The lowest BCUT2D eigenvalue weighted by Gasteiger charge is -2.18. The maximum Gasteiger partial charge on any atom is 0.306 e. The van der Waals surface area contributed by atoms with Gasteiger partial charge in [0, 0.05) is 19.3 Å². The molecule has 0 aliphatic heterocycles. The van der Waals surface area contributed by atoms with E-state index in [2.05, 4.69) is 130 Å². The summed E-state index contributed by atoms with van der Waals surface area (Å²) in [5.41, 5.74) is 0. The van der Waals surface area contributed by atoms with E-state index in [0.29, 0.717) is 19.3 Å². The monoisotopic (exact) mass is 845 g/mol. The van der Waals surface area contributed by atoms with Gasteiger partial charge in [-0.1, -0.05) is 188 Å². The van der Waals surface area contributed by atoms with Gasteiger partial charge in [-0.15, -0.1) is 0 Å². The van der Waals surface area contributed by atoms with E-state index in [0.717, 1.165) is 128 Å². The summed E-state index contributed by atoms with van der Waals surface area (Å²) >= 11 is 0. The van der Waals surface area contributed by atoms with Crippen LogP contribution in [0.4, 0.5) is 0 Å². The van der Waals surface area contributed by atoms with Crippen LogP contribution in [-0.4, -0.2) is 37.2 Å². The predicted molar refractivity (Wildman–Crippen MR) is 260 cm³/mol. The molecule has 0 fully saturated rings. The largest absolute Gasteiger partial charge is 0.462 e. The Morgan fingerprint density at radius 2 is 0.672 bits per heavy atom. The van der Waals surface area contributed by atoms with Crippen LogP contribution in [0.25, 0.3) is 0 Å². The molecule has 0 heterocycles. The number of esters is 3. The van der Waals surface area contributed by atoms with Crippen LogP contribution in [0.5, 0.6) is 0 Å². The zero-order chi connectivity index (χ0) is 44.4. The first-order valence-electron chi connectivity index (χ1n) is 24.4. The average molecular weight is 845 g/mol. The maximum absolute atomic E-state index is 12.8. The first kappa shape index (κ1) is 57.1. The zero-order valence-electron chi connectivity index (χ0n) is 39.1. The highest BCUT2D eigenvalue weighted by atomic mass is 16.6. The molecule has 0 saturated carbocycles. The van der Waals surface area contributed by atoms with E-state index in [-0.39, 0.29) is 31.1 Å². The molecule has 61 heavy (non-hydrogen) atoms. The number of carbonyl (C=O) groups is 3. The number of allylic oxidation sites excluding steroid dienone is 18. The van der Waals surface area contributed by atoms with Gasteiger partial charge in [-0.05, 0) is 103 Å². The Morgan fingerprint density at radius 1 is 0.344 bits per heavy atom. The van der Waals surface area contributed by atoms with Gasteiger partial charge < -0.3 is 14.2 Å². The number of unbranched alkanes of at least 4 members (excludes halogenated alkanes) is 15. The maximum atomic E-state index is 12.8. The Balaban J connectivity index is 4.48. The van der Waals surface area contributed by atoms with Crippen LogP contribution in [0.3, 0.4) is 0 Å². The second kappa shape index (κ2) is 48.7. The van der Waals surface area contributed by atoms with E-state index in [1.807, 2.05) is 0 Å². The lowest BCUT2D eigenvalue weighted by Crippen LogP contribution is -2.30. The van der Waals surface area contributed by atoms with Crippen molar-refractivity contribution in [2.45, 2.75) is 207 Å². The molecule has 344 valence electrons. The van der Waals surface area contributed by atoms with Crippen LogP contribution < -0.4 is 0 Å². The molecule has 0 aliphatic carbocycles. The van der Waals surface area contributed by atoms with Crippen molar-refractivity contribution in [3.63, 3.8) is 0 Å². The van der Waals surface area contributed by atoms with Crippen LogP contribution in [0.1, 0.15) is 201 Å². The van der Waals surface area contributed by atoms with Crippen LogP contribution in [0.2, 0.25) is 0 Å². The van der Waals surface area contributed by atoms with E-state index in [9.17, 15) is 14.4 Å². The Bertz CT molecular complexity index is 1290. The minimum absolute atomic E-state index is 0.105. The van der Waals surface area contributed by atoms with Gasteiger partial charge in [-0.25, -0.2) is 0 Å². The molecule has 0 amide bonds. The van der Waals surface area contributed by atoms with Crippen LogP contribution >= 0.6 is 0 Å². The minimum atomic E-state index is -0.806. The van der Waals surface area contributed by atoms with Gasteiger partial charge in [0.2, 0.25) is 0 Å². The van der Waals surface area contributed by atoms with Crippen LogP contribution in [0.15, 0.2) is 109 Å². The van der Waals surface area contributed by atoms with Crippen LogP contribution in [-0.2, 0) is 28.6 Å². The molecule has 0 aromatic rings. The highest BCUT2D eigenvalue weighted by molar-refractivity contribution is 5.71. The second-order valence-electron chi connectivity index (χ2n) is 15.6. The summed E-state index contributed by atoms with van der Waals surface area (Å²) in [7, 11) is 0. The Labute approximate surface area is 374 Å². The first-order valence-corrected chi connectivity index (χ1v) is 24.4. The van der Waals surface area contributed by atoms with Gasteiger partial charge in [0.05, 0.1) is 0 Å². The normalized spacial score (nSPS) is 13.0. The van der Waals surface area contributed by atoms with Crippen LogP contribution in [0, 0.1) is 0 Å². The zero-order valence-corrected chi connectivity index (χ0v) is 39.1. The van der Waals surface area contributed by atoms with Crippen molar-refractivity contribution in [3.05, 3.63) is 109 Å². The predicted octanol–water partition coefficient (Wildman–Crippen LogP) is 16.0. The van der Waals surface area contributed by atoms with Crippen molar-refractivity contribution < 1.29 is 28.6 Å². The third-order valence-corrected chi connectivity index (χ3v) is 9.81. The summed E-state index contributed by atoms with van der Waals surface area (Å²) in [6.07, 6.45) is 65.0. The smallest absolute Gasteiger partial charge is 0.306 e. The van der Waals surface area contributed by atoms with E-state index in [1.54, 1.807) is 0 Å². The molecule has 0 saturated heterocycles. The molecule has 0 N–H and O–H groups in total. The van der Waals surface area contributed by atoms with E-state index < -0.39 is 6.10 Å². The fraction of sp³-hybridized carbons (Fsp3) is 0.618. The molecule has 1 atom stereocenters. The molecule has 6 heteroatoms. The summed E-state index contributed by atoms with van der Waals surface area (Å²) in [5, 5.41) is 0. The molecule has 0 aromatic carbocycles. The molecule has 0 aliphatic rings. The lowest BCUT2D eigenvalue weighted by molar-refractivity contribution is -0.167. The molecule has 1 unspecified atom stereocenters. The number of ether oxygens (including phenoxy) is 3. The Morgan fingerprint density at radius 3 is 1.13 bits per heavy atom. The molecular formula is C55H88O6. The van der Waals surface area contributed by atoms with E-state index in [4.69, 9.17) is 14.2 Å². The third-order valence-electron chi connectivity index (χ3n) is 9.81. The van der Waals surface area contributed by atoms with Crippen molar-refractivity contribution in [2.24, 2.45) is 0 Å². The molecule has 0 rings (SSSR count). The van der Waals surface area contributed by atoms with E-state index in [1.165, 1.54) is 32.1 Å². The lowest BCUT2D eigenvalue weighted by atomic mass is 10.1. The fourth-order valence-electron chi connectivity index (χ4n) is 6.23. The standard InChI is InChI=1S/C55H88O6/c1-4-7-10-13-16-19-22-25-27-29-30-33-36-39-42-45-48-54(57)60-51-52(50-59-53(56)47-44-41-38-35-32-24-21-18-15-12-9-6-3)61-55(58)49-46-43-40-37-34-31-28-26-23-20-17-14-11-8-5-2/h7-12,14,16-21,23,25,27,32,35,52H,4-6,13,15,22,24,26,28-31,33-34,36-51H2,1-3H3/b10-7-,11-8-,12-9-,17-14-,19-16-,21-18-,23-20-,27-25-,35-32-. The summed E-state index contributed by atoms with van der Waals surface area (Å²) < 4.78 is 16.7. The van der Waals surface area contributed by atoms with Gasteiger partial charge in [-0.3, -0.25) is 14.4 Å². The summed E-state index contributed by atoms with van der Waals surface area (Å²) in [4.78, 5) is 37.9. The Kier molecular flexibility index (Phi) is 45.6. The van der Waals surface area contributed by atoms with Crippen molar-refractivity contribution in [2.75, 3.05) is 13.2 Å². The molecular weight excluding hydrogens is 757 g/mol. The molecule has 0 bridgehead atoms. The molecule has 0 spiro atoms. The Hall–Kier alpha value is -3.93. The number of hydrogen-bond acceptors (Lipinski definition) is 6. The first-order chi connectivity index (χ1) is 30.0. The van der Waals surface area contributed by atoms with Gasteiger partial charge in [0.1, 0.15) is 13.2 Å². The summed E-state index contributed by atoms with van der Waals surface area (Å²) in [5.74, 6) is -0.978. The average Bonchev–Trinajstić information content (AvgIpc) is 3.26. The van der Waals surface area contributed by atoms with Crippen molar-refractivity contribution in [1.29, 1.82) is 0 Å². The number of rotatable bonds is 42. The highest BCUT2D eigenvalue weighted by Crippen LogP contribution is 2.13. The quantitative estimate of drug-likeness (QED) is 0.0200. The number of carbonyl (C=O) groups excluding carboxylic acids is 3. The summed E-state index contributed by atoms with van der Waals surface area (Å²) in [6.45, 7) is 6.20. The highest BCUT2D eigenvalue weighted by Gasteiger charge is 2.19.